The summed E-state index contributed by atoms with van der Waals surface area (Å²) in [5.74, 6) is 0. The lowest BCUT2D eigenvalue weighted by molar-refractivity contribution is -0.256. The van der Waals surface area contributed by atoms with Gasteiger partial charge in [-0.2, -0.15) is 5.06 Å². The highest BCUT2D eigenvalue weighted by Crippen LogP contribution is 2.51. The summed E-state index contributed by atoms with van der Waals surface area (Å²) in [6, 6.07) is -0.0307. The van der Waals surface area contributed by atoms with Crippen molar-refractivity contribution in [2.75, 3.05) is 20.2 Å². The molecule has 0 saturated carbocycles. The Kier molecular flexibility index (Phi) is 6.34. The predicted molar refractivity (Wildman–Crippen MR) is 117 cm³/mol. The van der Waals surface area contributed by atoms with Gasteiger partial charge in [-0.25, -0.2) is 0 Å². The fourth-order valence-electron chi connectivity index (χ4n) is 5.42. The molecule has 3 aliphatic heterocycles. The van der Waals surface area contributed by atoms with Crippen LogP contribution < -0.4 is 0 Å². The largest absolute Gasteiger partial charge is 0.414 e. The molecule has 0 amide bonds. The Morgan fingerprint density at radius 2 is 1.46 bits per heavy atom. The Hall–Kier alpha value is 0.259. The zero-order chi connectivity index (χ0) is 21.1. The minimum absolute atomic E-state index is 0.0307. The van der Waals surface area contributed by atoms with Crippen LogP contribution in [0.2, 0.25) is 22.2 Å². The summed E-state index contributed by atoms with van der Waals surface area (Å²) in [4.78, 5) is 6.16. The van der Waals surface area contributed by atoms with Crippen LogP contribution in [0, 0.1) is 0 Å². The fourth-order valence-corrected chi connectivity index (χ4v) is 16.7. The molecule has 0 N–H and O–H groups in total. The second-order valence-corrected chi connectivity index (χ2v) is 19.1. The van der Waals surface area contributed by atoms with Crippen molar-refractivity contribution in [3.05, 3.63) is 0 Å². The summed E-state index contributed by atoms with van der Waals surface area (Å²) >= 11 is 0. The van der Waals surface area contributed by atoms with E-state index in [1.807, 2.05) is 12.1 Å². The van der Waals surface area contributed by atoms with E-state index in [2.05, 4.69) is 63.2 Å². The van der Waals surface area contributed by atoms with Gasteiger partial charge < -0.3 is 17.7 Å². The molecule has 6 nitrogen and oxygen atoms in total. The van der Waals surface area contributed by atoms with Crippen molar-refractivity contribution in [2.24, 2.45) is 0 Å². The van der Waals surface area contributed by atoms with Crippen LogP contribution in [-0.4, -0.2) is 74.0 Å². The third-order valence-electron chi connectivity index (χ3n) is 6.88. The normalized spacial score (nSPS) is 38.1. The van der Waals surface area contributed by atoms with Crippen molar-refractivity contribution in [2.45, 2.75) is 101 Å². The van der Waals surface area contributed by atoms with Crippen LogP contribution in [0.25, 0.3) is 0 Å². The van der Waals surface area contributed by atoms with Crippen molar-refractivity contribution in [3.8, 4) is 0 Å². The Bertz CT molecular complexity index is 559. The Morgan fingerprint density at radius 3 is 1.96 bits per heavy atom. The molecule has 3 rings (SSSR count). The van der Waals surface area contributed by atoms with E-state index >= 15 is 0 Å². The maximum Gasteiger partial charge on any atom is 0.335 e. The first-order valence-electron chi connectivity index (χ1n) is 11.0. The summed E-state index contributed by atoms with van der Waals surface area (Å²) in [6.07, 6.45) is -0.274. The predicted octanol–water partition coefficient (Wildman–Crippen LogP) is 2.92. The molecule has 1 unspecified atom stereocenters. The van der Waals surface area contributed by atoms with Crippen LogP contribution in [0.3, 0.4) is 0 Å². The molecule has 4 atom stereocenters. The molecule has 3 aliphatic rings. The zero-order valence-corrected chi connectivity index (χ0v) is 21.4. The van der Waals surface area contributed by atoms with Crippen molar-refractivity contribution in [3.63, 3.8) is 0 Å². The molecule has 162 valence electrons. The molecule has 3 fully saturated rings. The molecule has 3 saturated heterocycles. The standard InChI is InChI=1S/C19H40BNO5Si2/c1-12(2)27(13(3)4)22-11-19-10-21(9)24-16(18(20)23-19)17(19)25-28(26-27,14(5)6)15(7)8/h12-18H,10-11,20H2,1-9H3/t16-,17?,18+,19+/m0/s1. The van der Waals surface area contributed by atoms with Crippen molar-refractivity contribution in [1.82, 2.24) is 5.06 Å². The van der Waals surface area contributed by atoms with Crippen LogP contribution in [-0.2, 0) is 22.5 Å². The van der Waals surface area contributed by atoms with Gasteiger partial charge in [-0.15, -0.1) is 0 Å². The highest BCUT2D eigenvalue weighted by Gasteiger charge is 2.67. The van der Waals surface area contributed by atoms with E-state index in [0.29, 0.717) is 35.3 Å². The smallest absolute Gasteiger partial charge is 0.335 e. The maximum atomic E-state index is 7.25. The topological polar surface area (TPSA) is 49.4 Å². The number of likely N-dealkylation sites (N-methyl/N-ethyl adjacent to an activating group) is 1. The molecule has 0 spiro atoms. The third kappa shape index (κ3) is 3.39. The molecular formula is C19H40BNO5Si2. The van der Waals surface area contributed by atoms with E-state index < -0.39 is 22.7 Å². The molecule has 0 aromatic heterocycles. The highest BCUT2D eigenvalue weighted by atomic mass is 28.5. The van der Waals surface area contributed by atoms with Crippen LogP contribution in [0.15, 0.2) is 0 Å². The lowest BCUT2D eigenvalue weighted by Crippen LogP contribution is -2.71. The summed E-state index contributed by atoms with van der Waals surface area (Å²) < 4.78 is 27.9. The van der Waals surface area contributed by atoms with Gasteiger partial charge in [0.05, 0.1) is 19.2 Å². The van der Waals surface area contributed by atoms with Gasteiger partial charge in [-0.1, -0.05) is 55.4 Å². The minimum Gasteiger partial charge on any atom is -0.414 e. The maximum absolute atomic E-state index is 7.25. The van der Waals surface area contributed by atoms with Gasteiger partial charge in [0.15, 0.2) is 0 Å². The number of rotatable bonds is 4. The Morgan fingerprint density at radius 1 is 0.929 bits per heavy atom. The Labute approximate surface area is 174 Å². The minimum atomic E-state index is -2.63. The summed E-state index contributed by atoms with van der Waals surface area (Å²) in [7, 11) is -1.11. The molecule has 0 aromatic rings. The van der Waals surface area contributed by atoms with E-state index in [4.69, 9.17) is 22.5 Å². The molecule has 0 aromatic carbocycles. The zero-order valence-electron chi connectivity index (χ0n) is 19.4. The highest BCUT2D eigenvalue weighted by molar-refractivity contribution is 6.84. The van der Waals surface area contributed by atoms with Crippen molar-refractivity contribution in [1.29, 1.82) is 0 Å². The average Bonchev–Trinajstić information content (AvgIpc) is 2.70. The molecule has 0 aliphatic carbocycles. The number of hydroxylamine groups is 2. The number of hydrogen-bond donors (Lipinski definition) is 0. The molecule has 3 heterocycles. The summed E-state index contributed by atoms with van der Waals surface area (Å²) in [5, 5.41) is 1.90. The Balaban J connectivity index is 2.14. The second kappa shape index (κ2) is 7.75. The SMILES string of the molecule is B[C@@H]1O[C@]23CO[Si](C(C)C)(C(C)C)O[Si](C(C)C)(C(C)C)OC2[C@@H]1ON(C)C3. The lowest BCUT2D eigenvalue weighted by Gasteiger charge is -2.55. The van der Waals surface area contributed by atoms with Crippen LogP contribution >= 0.6 is 0 Å². The van der Waals surface area contributed by atoms with Gasteiger partial charge >= 0.3 is 17.1 Å². The van der Waals surface area contributed by atoms with Gasteiger partial charge in [0, 0.05) is 7.05 Å². The third-order valence-corrected chi connectivity index (χ3v) is 17.1. The molecule has 0 radical (unpaired) electrons. The van der Waals surface area contributed by atoms with Gasteiger partial charge in [0.1, 0.15) is 25.7 Å². The lowest BCUT2D eigenvalue weighted by atomic mass is 9.88. The van der Waals surface area contributed by atoms with Crippen molar-refractivity contribution >= 4 is 25.0 Å². The first kappa shape index (κ1) is 22.9. The van der Waals surface area contributed by atoms with Crippen LogP contribution in [0.4, 0.5) is 0 Å². The monoisotopic (exact) mass is 429 g/mol. The number of ether oxygens (including phenoxy) is 1. The van der Waals surface area contributed by atoms with Gasteiger partial charge in [-0.05, 0) is 22.2 Å². The van der Waals surface area contributed by atoms with E-state index in [1.165, 1.54) is 0 Å². The van der Waals surface area contributed by atoms with Gasteiger partial charge in [0.2, 0.25) is 0 Å². The van der Waals surface area contributed by atoms with E-state index in [-0.39, 0.29) is 18.2 Å². The fraction of sp³-hybridized carbons (Fsp3) is 1.00. The van der Waals surface area contributed by atoms with Crippen molar-refractivity contribution < 1.29 is 22.5 Å². The molecule has 28 heavy (non-hydrogen) atoms. The molecular weight excluding hydrogens is 389 g/mol. The van der Waals surface area contributed by atoms with Crippen LogP contribution in [0.1, 0.15) is 55.4 Å². The van der Waals surface area contributed by atoms with Gasteiger partial charge in [0.25, 0.3) is 0 Å². The number of nitrogens with zero attached hydrogens (tertiary/aromatic N) is 1. The first-order chi connectivity index (χ1) is 12.9. The average molecular weight is 430 g/mol. The number of hydrogen-bond acceptors (Lipinski definition) is 6. The summed E-state index contributed by atoms with van der Waals surface area (Å²) in [5.41, 5.74) is 0.793. The summed E-state index contributed by atoms with van der Waals surface area (Å²) in [6.45, 7) is 19.2. The van der Waals surface area contributed by atoms with E-state index in [1.54, 1.807) is 0 Å². The molecule has 9 heteroatoms. The first-order valence-corrected chi connectivity index (χ1v) is 14.9. The van der Waals surface area contributed by atoms with Gasteiger partial charge in [-0.3, -0.25) is 4.84 Å². The second-order valence-electron chi connectivity index (χ2n) is 10.2. The van der Waals surface area contributed by atoms with Crippen LogP contribution in [0.5, 0.6) is 0 Å². The quantitative estimate of drug-likeness (QED) is 0.641. The molecule has 2 bridgehead atoms. The van der Waals surface area contributed by atoms with E-state index in [0.717, 1.165) is 0 Å². The van der Waals surface area contributed by atoms with E-state index in [9.17, 15) is 0 Å².